The number of pyridine rings is 1. The minimum Gasteiger partial charge on any atom is -0.503 e. The van der Waals surface area contributed by atoms with Crippen LogP contribution in [0.25, 0.3) is 0 Å². The maximum absolute atomic E-state index is 13.1. The summed E-state index contributed by atoms with van der Waals surface area (Å²) in [5.74, 6) is -1.69. The summed E-state index contributed by atoms with van der Waals surface area (Å²) in [4.78, 5) is 40.0. The third kappa shape index (κ3) is 2.99. The predicted molar refractivity (Wildman–Crippen MR) is 107 cm³/mol. The number of carbonyl (C=O) groups is 2. The lowest BCUT2D eigenvalue weighted by Crippen LogP contribution is -2.57. The molecule has 3 aliphatic rings. The fourth-order valence-electron chi connectivity index (χ4n) is 4.70. The van der Waals surface area contributed by atoms with Crippen molar-refractivity contribution < 1.29 is 19.4 Å². The summed E-state index contributed by atoms with van der Waals surface area (Å²) in [6, 6.07) is 7.75. The Hall–Kier alpha value is -3.13. The van der Waals surface area contributed by atoms with Gasteiger partial charge in [0.1, 0.15) is 5.56 Å². The summed E-state index contributed by atoms with van der Waals surface area (Å²) in [7, 11) is 0. The van der Waals surface area contributed by atoms with Crippen LogP contribution in [0.3, 0.4) is 0 Å². The Morgan fingerprint density at radius 1 is 1.23 bits per heavy atom. The van der Waals surface area contributed by atoms with Gasteiger partial charge in [-0.25, -0.2) is 0 Å². The van der Waals surface area contributed by atoms with Gasteiger partial charge >= 0.3 is 0 Å². The molecule has 2 amide bonds. The van der Waals surface area contributed by atoms with Gasteiger partial charge in [0.15, 0.2) is 17.7 Å². The zero-order valence-corrected chi connectivity index (χ0v) is 16.6. The SMILES string of the molecule is Cc1ccc(CNC(=O)c2cn3c(c(O)c2=O)C(=O)N2[C@@H]4CC[C@@H](C4)O[C@H]2C3)cc1. The maximum atomic E-state index is 13.1. The summed E-state index contributed by atoms with van der Waals surface area (Å²) in [5, 5.41) is 13.2. The molecule has 1 saturated carbocycles. The van der Waals surface area contributed by atoms with Crippen LogP contribution in [0.15, 0.2) is 35.3 Å². The molecule has 1 saturated heterocycles. The molecular weight excluding hydrogens is 386 g/mol. The molecule has 0 spiro atoms. The first kappa shape index (κ1) is 18.9. The Kier molecular flexibility index (Phi) is 4.39. The average molecular weight is 409 g/mol. The number of aromatic hydroxyl groups is 1. The van der Waals surface area contributed by atoms with Crippen LogP contribution in [-0.2, 0) is 17.8 Å². The Labute approximate surface area is 173 Å². The van der Waals surface area contributed by atoms with Crippen molar-refractivity contribution in [1.82, 2.24) is 14.8 Å². The first-order valence-corrected chi connectivity index (χ1v) is 10.2. The number of ether oxygens (including phenoxy) is 1. The normalized spacial score (nSPS) is 24.4. The number of aromatic nitrogens is 1. The number of hydrogen-bond acceptors (Lipinski definition) is 5. The zero-order chi connectivity index (χ0) is 21.0. The summed E-state index contributed by atoms with van der Waals surface area (Å²) < 4.78 is 7.50. The van der Waals surface area contributed by atoms with Crippen molar-refractivity contribution in [2.45, 2.75) is 57.6 Å². The van der Waals surface area contributed by atoms with E-state index in [0.717, 1.165) is 30.4 Å². The van der Waals surface area contributed by atoms with Gasteiger partial charge in [0.25, 0.3) is 11.8 Å². The molecule has 8 heteroatoms. The van der Waals surface area contributed by atoms with Crippen molar-refractivity contribution in [3.05, 3.63) is 63.1 Å². The van der Waals surface area contributed by atoms with E-state index in [-0.39, 0.29) is 36.5 Å². The van der Waals surface area contributed by atoms with E-state index < -0.39 is 29.2 Å². The van der Waals surface area contributed by atoms with E-state index >= 15 is 0 Å². The van der Waals surface area contributed by atoms with Crippen LogP contribution in [0.4, 0.5) is 0 Å². The van der Waals surface area contributed by atoms with Crippen molar-refractivity contribution >= 4 is 11.8 Å². The number of fused-ring (bicyclic) bond motifs is 5. The molecule has 2 N–H and O–H groups in total. The number of benzene rings is 1. The lowest BCUT2D eigenvalue weighted by molar-refractivity contribution is -0.132. The molecule has 2 aromatic rings. The van der Waals surface area contributed by atoms with Crippen LogP contribution < -0.4 is 10.7 Å². The molecule has 0 radical (unpaired) electrons. The topological polar surface area (TPSA) is 101 Å². The smallest absolute Gasteiger partial charge is 0.276 e. The molecule has 2 bridgehead atoms. The Morgan fingerprint density at radius 3 is 2.77 bits per heavy atom. The van der Waals surface area contributed by atoms with E-state index in [1.54, 1.807) is 4.90 Å². The van der Waals surface area contributed by atoms with Crippen molar-refractivity contribution in [2.24, 2.45) is 0 Å². The van der Waals surface area contributed by atoms with Gasteiger partial charge in [-0.3, -0.25) is 14.4 Å². The Balaban J connectivity index is 1.43. The van der Waals surface area contributed by atoms with Crippen molar-refractivity contribution in [3.63, 3.8) is 0 Å². The lowest BCUT2D eigenvalue weighted by Gasteiger charge is -2.44. The standard InChI is InChI=1S/C22H23N3O5/c1-12-2-4-13(5-3-12)9-23-21(28)16-10-24-11-17-25(14-6-7-15(8-14)30-17)22(29)18(24)20(27)19(16)26/h2-5,10,14-15,17,27H,6-9,11H2,1H3,(H,23,28)/t14-,15+,17+/m1/s1. The van der Waals surface area contributed by atoms with Gasteiger partial charge in [-0.15, -0.1) is 0 Å². The minimum absolute atomic E-state index is 0.0692. The third-order valence-corrected chi connectivity index (χ3v) is 6.27. The molecule has 3 heterocycles. The first-order chi connectivity index (χ1) is 14.4. The number of aryl methyl sites for hydroxylation is 1. The number of nitrogens with zero attached hydrogens (tertiary/aromatic N) is 2. The van der Waals surface area contributed by atoms with Crippen LogP contribution in [-0.4, -0.2) is 44.8 Å². The molecule has 1 aliphatic carbocycles. The van der Waals surface area contributed by atoms with Crippen molar-refractivity contribution in [1.29, 1.82) is 0 Å². The molecule has 3 atom stereocenters. The van der Waals surface area contributed by atoms with Crippen LogP contribution in [0.1, 0.15) is 51.2 Å². The summed E-state index contributed by atoms with van der Waals surface area (Å²) in [5.41, 5.74) is 0.911. The number of carbonyl (C=O) groups excluding carboxylic acids is 2. The first-order valence-electron chi connectivity index (χ1n) is 10.2. The quantitative estimate of drug-likeness (QED) is 0.801. The van der Waals surface area contributed by atoms with Crippen LogP contribution in [0.5, 0.6) is 5.75 Å². The average Bonchev–Trinajstić information content (AvgIpc) is 3.10. The Bertz CT molecular complexity index is 1090. The van der Waals surface area contributed by atoms with Crippen molar-refractivity contribution in [3.8, 4) is 5.75 Å². The van der Waals surface area contributed by atoms with E-state index in [1.807, 2.05) is 31.2 Å². The van der Waals surface area contributed by atoms with Gasteiger partial charge < -0.3 is 24.6 Å². The Morgan fingerprint density at radius 2 is 2.00 bits per heavy atom. The number of amides is 2. The molecule has 1 aromatic heterocycles. The zero-order valence-electron chi connectivity index (χ0n) is 16.6. The molecule has 1 aromatic carbocycles. The van der Waals surface area contributed by atoms with E-state index in [2.05, 4.69) is 5.32 Å². The molecule has 5 rings (SSSR count). The van der Waals surface area contributed by atoms with Crippen LogP contribution in [0.2, 0.25) is 0 Å². The minimum atomic E-state index is -0.836. The number of rotatable bonds is 3. The van der Waals surface area contributed by atoms with Gasteiger partial charge in [0.2, 0.25) is 5.43 Å². The number of hydrogen-bond donors (Lipinski definition) is 2. The van der Waals surface area contributed by atoms with E-state index in [9.17, 15) is 19.5 Å². The number of nitrogens with one attached hydrogen (secondary N) is 1. The van der Waals surface area contributed by atoms with E-state index in [0.29, 0.717) is 0 Å². The van der Waals surface area contributed by atoms with Crippen LogP contribution >= 0.6 is 0 Å². The highest BCUT2D eigenvalue weighted by molar-refractivity contribution is 5.99. The summed E-state index contributed by atoms with van der Waals surface area (Å²) in [6.07, 6.45) is 3.59. The fraction of sp³-hybridized carbons (Fsp3) is 0.409. The van der Waals surface area contributed by atoms with Gasteiger partial charge in [-0.1, -0.05) is 29.8 Å². The highest BCUT2D eigenvalue weighted by atomic mass is 16.5. The molecule has 0 unspecified atom stereocenters. The molecule has 2 fully saturated rings. The molecule has 156 valence electrons. The lowest BCUT2D eigenvalue weighted by atomic mass is 10.1. The van der Waals surface area contributed by atoms with Crippen LogP contribution in [0, 0.1) is 6.92 Å². The molecule has 30 heavy (non-hydrogen) atoms. The third-order valence-electron chi connectivity index (χ3n) is 6.27. The summed E-state index contributed by atoms with van der Waals surface area (Å²) in [6.45, 7) is 2.51. The maximum Gasteiger partial charge on any atom is 0.276 e. The van der Waals surface area contributed by atoms with Gasteiger partial charge in [0, 0.05) is 18.8 Å². The second kappa shape index (κ2) is 6.98. The predicted octanol–water partition coefficient (Wildman–Crippen LogP) is 1.53. The fourth-order valence-corrected chi connectivity index (χ4v) is 4.70. The van der Waals surface area contributed by atoms with Gasteiger partial charge in [0.05, 0.1) is 12.6 Å². The second-order valence-electron chi connectivity index (χ2n) is 8.28. The van der Waals surface area contributed by atoms with E-state index in [4.69, 9.17) is 4.74 Å². The molecule has 2 aliphatic heterocycles. The highest BCUT2D eigenvalue weighted by Crippen LogP contribution is 2.38. The summed E-state index contributed by atoms with van der Waals surface area (Å²) >= 11 is 0. The van der Waals surface area contributed by atoms with Gasteiger partial charge in [-0.05, 0) is 31.7 Å². The largest absolute Gasteiger partial charge is 0.503 e. The molecule has 8 nitrogen and oxygen atoms in total. The highest BCUT2D eigenvalue weighted by Gasteiger charge is 2.47. The van der Waals surface area contributed by atoms with Crippen molar-refractivity contribution in [2.75, 3.05) is 0 Å². The monoisotopic (exact) mass is 409 g/mol. The van der Waals surface area contributed by atoms with Gasteiger partial charge in [-0.2, -0.15) is 0 Å². The van der Waals surface area contributed by atoms with E-state index in [1.165, 1.54) is 10.8 Å². The second-order valence-corrected chi connectivity index (χ2v) is 8.28. The molecular formula is C22H23N3O5.